The number of rotatable bonds is 8. The lowest BCUT2D eigenvalue weighted by molar-refractivity contribution is -0.128. The zero-order valence-electron chi connectivity index (χ0n) is 14.8. The molecule has 0 fully saturated rings. The van der Waals surface area contributed by atoms with E-state index in [2.05, 4.69) is 5.32 Å². The molecular weight excluding hydrogens is 338 g/mol. The first-order valence-electron chi connectivity index (χ1n) is 8.43. The Labute approximate surface area is 154 Å². The summed E-state index contributed by atoms with van der Waals surface area (Å²) in [6, 6.07) is 14.7. The van der Waals surface area contributed by atoms with E-state index >= 15 is 0 Å². The van der Waals surface area contributed by atoms with Crippen molar-refractivity contribution in [3.8, 4) is 11.5 Å². The van der Waals surface area contributed by atoms with Gasteiger partial charge in [0.15, 0.2) is 6.10 Å². The zero-order valence-corrected chi connectivity index (χ0v) is 15.5. The number of ether oxygens (including phenoxy) is 2. The third-order valence-electron chi connectivity index (χ3n) is 3.49. The van der Waals surface area contributed by atoms with Gasteiger partial charge in [-0.15, -0.1) is 0 Å². The summed E-state index contributed by atoms with van der Waals surface area (Å²) in [5.41, 5.74) is 0.979. The average molecular weight is 362 g/mol. The number of nitrogens with one attached hydrogen (secondary N) is 1. The molecule has 0 radical (unpaired) electrons. The lowest BCUT2D eigenvalue weighted by Gasteiger charge is -2.17. The molecule has 134 valence electrons. The van der Waals surface area contributed by atoms with Gasteiger partial charge in [0, 0.05) is 11.6 Å². The van der Waals surface area contributed by atoms with Crippen molar-refractivity contribution in [2.45, 2.75) is 45.9 Å². The summed E-state index contributed by atoms with van der Waals surface area (Å²) in [7, 11) is 0. The molecule has 0 unspecified atom stereocenters. The van der Waals surface area contributed by atoms with Crippen molar-refractivity contribution in [3.05, 3.63) is 59.1 Å². The predicted octanol–water partition coefficient (Wildman–Crippen LogP) is 4.60. The summed E-state index contributed by atoms with van der Waals surface area (Å²) >= 11 is 5.86. The number of hydrogen-bond donors (Lipinski definition) is 1. The average Bonchev–Trinajstić information content (AvgIpc) is 2.59. The van der Waals surface area contributed by atoms with Crippen LogP contribution in [0.3, 0.4) is 0 Å². The van der Waals surface area contributed by atoms with Crippen LogP contribution in [0.25, 0.3) is 0 Å². The molecule has 0 heterocycles. The Bertz CT molecular complexity index is 686. The van der Waals surface area contributed by atoms with Crippen LogP contribution in [0.2, 0.25) is 5.02 Å². The van der Waals surface area contributed by atoms with Crippen LogP contribution in [-0.2, 0) is 11.3 Å². The summed E-state index contributed by atoms with van der Waals surface area (Å²) in [4.78, 5) is 12.4. The number of halogens is 1. The van der Waals surface area contributed by atoms with Gasteiger partial charge in [-0.2, -0.15) is 0 Å². The molecule has 0 saturated carbocycles. The Kier molecular flexibility index (Phi) is 7.14. The smallest absolute Gasteiger partial charge is 0.261 e. The van der Waals surface area contributed by atoms with Crippen molar-refractivity contribution in [3.63, 3.8) is 0 Å². The van der Waals surface area contributed by atoms with Gasteiger partial charge in [-0.25, -0.2) is 0 Å². The second-order valence-corrected chi connectivity index (χ2v) is 6.44. The molecule has 0 aliphatic rings. The van der Waals surface area contributed by atoms with Gasteiger partial charge in [-0.1, -0.05) is 30.7 Å². The first-order valence-corrected chi connectivity index (χ1v) is 8.81. The Morgan fingerprint density at radius 3 is 2.44 bits per heavy atom. The third-order valence-corrected chi connectivity index (χ3v) is 3.74. The fourth-order valence-electron chi connectivity index (χ4n) is 2.30. The van der Waals surface area contributed by atoms with E-state index in [1.165, 1.54) is 0 Å². The van der Waals surface area contributed by atoms with E-state index in [4.69, 9.17) is 21.1 Å². The summed E-state index contributed by atoms with van der Waals surface area (Å²) in [6.45, 7) is 6.30. The Morgan fingerprint density at radius 1 is 1.08 bits per heavy atom. The molecule has 0 aliphatic carbocycles. The zero-order chi connectivity index (χ0) is 18.2. The summed E-state index contributed by atoms with van der Waals surface area (Å²) in [6.07, 6.45) is 0.142. The first kappa shape index (κ1) is 19.1. The maximum Gasteiger partial charge on any atom is 0.261 e. The van der Waals surface area contributed by atoms with E-state index in [1.807, 2.05) is 45.0 Å². The molecule has 0 spiro atoms. The van der Waals surface area contributed by atoms with Crippen molar-refractivity contribution >= 4 is 17.5 Å². The van der Waals surface area contributed by atoms with Crippen LogP contribution in [0.1, 0.15) is 32.8 Å². The monoisotopic (exact) mass is 361 g/mol. The Hall–Kier alpha value is -2.20. The molecule has 1 amide bonds. The van der Waals surface area contributed by atoms with Crippen LogP contribution in [0, 0.1) is 0 Å². The van der Waals surface area contributed by atoms with Gasteiger partial charge in [0.2, 0.25) is 0 Å². The Balaban J connectivity index is 1.92. The van der Waals surface area contributed by atoms with E-state index < -0.39 is 6.10 Å². The second-order valence-electron chi connectivity index (χ2n) is 6.00. The van der Waals surface area contributed by atoms with E-state index in [0.717, 1.165) is 11.3 Å². The second kappa shape index (κ2) is 9.33. The molecule has 0 bridgehead atoms. The predicted molar refractivity (Wildman–Crippen MR) is 100 cm³/mol. The molecule has 2 aromatic rings. The van der Waals surface area contributed by atoms with E-state index in [9.17, 15) is 4.79 Å². The summed E-state index contributed by atoms with van der Waals surface area (Å²) < 4.78 is 11.4. The van der Waals surface area contributed by atoms with Gasteiger partial charge in [-0.3, -0.25) is 4.79 Å². The van der Waals surface area contributed by atoms with Crippen LogP contribution in [0.5, 0.6) is 11.5 Å². The van der Waals surface area contributed by atoms with Crippen LogP contribution >= 0.6 is 11.6 Å². The fraction of sp³-hybridized carbons (Fsp3) is 0.350. The lowest BCUT2D eigenvalue weighted by atomic mass is 10.2. The molecule has 2 rings (SSSR count). The number of carbonyl (C=O) groups excluding carboxylic acids is 1. The van der Waals surface area contributed by atoms with E-state index in [1.54, 1.807) is 24.3 Å². The molecule has 5 heteroatoms. The molecule has 25 heavy (non-hydrogen) atoms. The molecule has 1 N–H and O–H groups in total. The normalized spacial score (nSPS) is 11.9. The number of carbonyl (C=O) groups is 1. The molecule has 4 nitrogen and oxygen atoms in total. The van der Waals surface area contributed by atoms with Crippen molar-refractivity contribution in [1.82, 2.24) is 5.32 Å². The number of hydrogen-bond acceptors (Lipinski definition) is 3. The minimum Gasteiger partial charge on any atom is -0.491 e. The number of benzene rings is 2. The SMILES string of the molecule is CC[C@H](Oc1ccc(Cl)cc1)C(=O)NCc1cccc(OC(C)C)c1. The standard InChI is InChI=1S/C20H24ClNO3/c1-4-19(25-17-10-8-16(21)9-11-17)20(23)22-13-15-6-5-7-18(12-15)24-14(2)3/h5-12,14,19H,4,13H2,1-3H3,(H,22,23)/t19-/m0/s1. The molecule has 2 aromatic carbocycles. The van der Waals surface area contributed by atoms with Crippen LogP contribution in [0.15, 0.2) is 48.5 Å². The first-order chi connectivity index (χ1) is 12.0. The van der Waals surface area contributed by atoms with Crippen LogP contribution in [-0.4, -0.2) is 18.1 Å². The van der Waals surface area contributed by atoms with Crippen LogP contribution < -0.4 is 14.8 Å². The highest BCUT2D eigenvalue weighted by Crippen LogP contribution is 2.18. The minimum atomic E-state index is -0.545. The molecule has 0 saturated heterocycles. The highest BCUT2D eigenvalue weighted by Gasteiger charge is 2.18. The molecule has 1 atom stereocenters. The fourth-order valence-corrected chi connectivity index (χ4v) is 2.43. The van der Waals surface area contributed by atoms with Crippen molar-refractivity contribution in [1.29, 1.82) is 0 Å². The maximum absolute atomic E-state index is 12.4. The van der Waals surface area contributed by atoms with Crippen molar-refractivity contribution < 1.29 is 14.3 Å². The number of amides is 1. The van der Waals surface area contributed by atoms with Gasteiger partial charge in [-0.05, 0) is 62.2 Å². The minimum absolute atomic E-state index is 0.113. The highest BCUT2D eigenvalue weighted by molar-refractivity contribution is 6.30. The van der Waals surface area contributed by atoms with Gasteiger partial charge < -0.3 is 14.8 Å². The topological polar surface area (TPSA) is 47.6 Å². The van der Waals surface area contributed by atoms with Crippen LogP contribution in [0.4, 0.5) is 0 Å². The largest absolute Gasteiger partial charge is 0.491 e. The van der Waals surface area contributed by atoms with Gasteiger partial charge in [0.05, 0.1) is 6.10 Å². The Morgan fingerprint density at radius 2 is 1.80 bits per heavy atom. The summed E-state index contributed by atoms with van der Waals surface area (Å²) in [5.74, 6) is 1.28. The molecule has 0 aliphatic heterocycles. The van der Waals surface area contributed by atoms with Gasteiger partial charge in [0.25, 0.3) is 5.91 Å². The van der Waals surface area contributed by atoms with Crippen molar-refractivity contribution in [2.24, 2.45) is 0 Å². The molecule has 0 aromatic heterocycles. The van der Waals surface area contributed by atoms with E-state index in [0.29, 0.717) is 23.7 Å². The maximum atomic E-state index is 12.4. The summed E-state index contributed by atoms with van der Waals surface area (Å²) in [5, 5.41) is 3.55. The lowest BCUT2D eigenvalue weighted by Crippen LogP contribution is -2.37. The third kappa shape index (κ3) is 6.31. The van der Waals surface area contributed by atoms with Gasteiger partial charge in [0.1, 0.15) is 11.5 Å². The molecular formula is C20H24ClNO3. The van der Waals surface area contributed by atoms with Crippen molar-refractivity contribution in [2.75, 3.05) is 0 Å². The van der Waals surface area contributed by atoms with E-state index in [-0.39, 0.29) is 12.0 Å². The quantitative estimate of drug-likeness (QED) is 0.747. The van der Waals surface area contributed by atoms with Gasteiger partial charge >= 0.3 is 0 Å². The highest BCUT2D eigenvalue weighted by atomic mass is 35.5.